The lowest BCUT2D eigenvalue weighted by Gasteiger charge is -2.11. The smallest absolute Gasteiger partial charge is 0.262 e. The number of hydrogen-bond acceptors (Lipinski definition) is 5. The average molecular weight is 393 g/mol. The number of benzene rings is 1. The molecule has 0 fully saturated rings. The highest BCUT2D eigenvalue weighted by Gasteiger charge is 2.14. The van der Waals surface area contributed by atoms with Crippen molar-refractivity contribution < 1.29 is 9.21 Å². The molecule has 3 aromatic rings. The third kappa shape index (κ3) is 3.56. The Morgan fingerprint density at radius 1 is 1.39 bits per heavy atom. The standard InChI is InChI=1S/C16H13BrN2O3S/c1-10(20)9-23-16-18-14-5-4-11(17)7-13(14)15(21)19(16)8-12-3-2-6-22-12/h2-7H,8-9H2,1H3. The zero-order chi connectivity index (χ0) is 16.4. The van der Waals surface area contributed by atoms with E-state index in [9.17, 15) is 9.59 Å². The molecule has 5 nitrogen and oxygen atoms in total. The van der Waals surface area contributed by atoms with Gasteiger partial charge in [-0.1, -0.05) is 27.7 Å². The van der Waals surface area contributed by atoms with E-state index in [1.54, 1.807) is 35.1 Å². The van der Waals surface area contributed by atoms with Gasteiger partial charge in [0.2, 0.25) is 0 Å². The predicted molar refractivity (Wildman–Crippen MR) is 92.9 cm³/mol. The second-order valence-corrected chi connectivity index (χ2v) is 6.88. The van der Waals surface area contributed by atoms with Gasteiger partial charge in [-0.2, -0.15) is 0 Å². The molecule has 0 spiro atoms. The van der Waals surface area contributed by atoms with Crippen LogP contribution in [0, 0.1) is 0 Å². The fraction of sp³-hybridized carbons (Fsp3) is 0.188. The molecule has 0 aliphatic heterocycles. The fourth-order valence-electron chi connectivity index (χ4n) is 2.15. The van der Waals surface area contributed by atoms with E-state index in [-0.39, 0.29) is 23.6 Å². The van der Waals surface area contributed by atoms with Crippen LogP contribution in [0.1, 0.15) is 12.7 Å². The Morgan fingerprint density at radius 2 is 2.22 bits per heavy atom. The van der Waals surface area contributed by atoms with Crippen molar-refractivity contribution in [2.24, 2.45) is 0 Å². The number of carbonyl (C=O) groups is 1. The molecule has 0 N–H and O–H groups in total. The number of fused-ring (bicyclic) bond motifs is 1. The molecular weight excluding hydrogens is 380 g/mol. The zero-order valence-electron chi connectivity index (χ0n) is 12.3. The summed E-state index contributed by atoms with van der Waals surface area (Å²) in [7, 11) is 0. The van der Waals surface area contributed by atoms with Crippen LogP contribution in [0.2, 0.25) is 0 Å². The van der Waals surface area contributed by atoms with Gasteiger partial charge in [-0.15, -0.1) is 0 Å². The zero-order valence-corrected chi connectivity index (χ0v) is 14.7. The predicted octanol–water partition coefficient (Wildman–Crippen LogP) is 3.48. The number of nitrogens with zero attached hydrogens (tertiary/aromatic N) is 2. The van der Waals surface area contributed by atoms with E-state index in [1.807, 2.05) is 6.07 Å². The van der Waals surface area contributed by atoms with E-state index in [1.165, 1.54) is 18.7 Å². The van der Waals surface area contributed by atoms with E-state index in [0.717, 1.165) is 4.47 Å². The lowest BCUT2D eigenvalue weighted by atomic mass is 10.2. The summed E-state index contributed by atoms with van der Waals surface area (Å²) in [6.07, 6.45) is 1.56. The number of carbonyl (C=O) groups excluding carboxylic acids is 1. The first-order chi connectivity index (χ1) is 11.0. The van der Waals surface area contributed by atoms with Crippen LogP contribution in [0.5, 0.6) is 0 Å². The molecule has 0 amide bonds. The number of aromatic nitrogens is 2. The van der Waals surface area contributed by atoms with Crippen LogP contribution in [0.25, 0.3) is 10.9 Å². The van der Waals surface area contributed by atoms with E-state index < -0.39 is 0 Å². The molecule has 1 aromatic carbocycles. The Labute approximate surface area is 144 Å². The molecule has 0 saturated heterocycles. The molecular formula is C16H13BrN2O3S. The SMILES string of the molecule is CC(=O)CSc1nc2ccc(Br)cc2c(=O)n1Cc1ccco1. The van der Waals surface area contributed by atoms with Gasteiger partial charge in [-0.05, 0) is 37.3 Å². The number of hydrogen-bond donors (Lipinski definition) is 0. The summed E-state index contributed by atoms with van der Waals surface area (Å²) < 4.78 is 7.70. The highest BCUT2D eigenvalue weighted by molar-refractivity contribution is 9.10. The van der Waals surface area contributed by atoms with E-state index in [4.69, 9.17) is 4.42 Å². The number of Topliss-reactive ketones (excluding diaryl/α,β-unsaturated/α-hetero) is 1. The first-order valence-electron chi connectivity index (χ1n) is 6.89. The van der Waals surface area contributed by atoms with Crippen molar-refractivity contribution in [1.29, 1.82) is 0 Å². The van der Waals surface area contributed by atoms with Crippen LogP contribution in [0.15, 0.2) is 55.4 Å². The molecule has 0 saturated carbocycles. The van der Waals surface area contributed by atoms with Crippen molar-refractivity contribution in [2.75, 3.05) is 5.75 Å². The molecule has 3 rings (SSSR count). The molecule has 2 heterocycles. The van der Waals surface area contributed by atoms with Crippen LogP contribution >= 0.6 is 27.7 Å². The van der Waals surface area contributed by atoms with Crippen LogP contribution in [0.4, 0.5) is 0 Å². The highest BCUT2D eigenvalue weighted by atomic mass is 79.9. The molecule has 0 aliphatic carbocycles. The van der Waals surface area contributed by atoms with Crippen molar-refractivity contribution in [2.45, 2.75) is 18.6 Å². The average Bonchev–Trinajstić information content (AvgIpc) is 3.02. The second-order valence-electron chi connectivity index (χ2n) is 5.02. The number of ketones is 1. The summed E-state index contributed by atoms with van der Waals surface area (Å²) in [6, 6.07) is 8.95. The topological polar surface area (TPSA) is 65.1 Å². The lowest BCUT2D eigenvalue weighted by molar-refractivity contribution is -0.114. The quantitative estimate of drug-likeness (QED) is 0.491. The van der Waals surface area contributed by atoms with Gasteiger partial charge in [-0.25, -0.2) is 4.98 Å². The molecule has 118 valence electrons. The summed E-state index contributed by atoms with van der Waals surface area (Å²) in [4.78, 5) is 28.7. The van der Waals surface area contributed by atoms with Crippen molar-refractivity contribution in [3.63, 3.8) is 0 Å². The molecule has 0 atom stereocenters. The maximum atomic E-state index is 12.8. The van der Waals surface area contributed by atoms with Gasteiger partial charge in [0.05, 0.1) is 29.5 Å². The molecule has 0 unspecified atom stereocenters. The van der Waals surface area contributed by atoms with Gasteiger partial charge < -0.3 is 4.42 Å². The largest absolute Gasteiger partial charge is 0.467 e. The number of halogens is 1. The van der Waals surface area contributed by atoms with E-state index in [0.29, 0.717) is 21.8 Å². The second kappa shape index (κ2) is 6.72. The fourth-order valence-corrected chi connectivity index (χ4v) is 3.31. The first kappa shape index (κ1) is 16.0. The maximum Gasteiger partial charge on any atom is 0.262 e. The number of thioether (sulfide) groups is 1. The van der Waals surface area contributed by atoms with Crippen molar-refractivity contribution in [3.8, 4) is 0 Å². The van der Waals surface area contributed by atoms with Crippen LogP contribution in [-0.4, -0.2) is 21.1 Å². The Balaban J connectivity index is 2.15. The molecule has 0 bridgehead atoms. The normalized spacial score (nSPS) is 11.0. The van der Waals surface area contributed by atoms with Crippen molar-refractivity contribution >= 4 is 44.4 Å². The molecule has 7 heteroatoms. The van der Waals surface area contributed by atoms with E-state index in [2.05, 4.69) is 20.9 Å². The summed E-state index contributed by atoms with van der Waals surface area (Å²) in [5, 5.41) is 1.04. The maximum absolute atomic E-state index is 12.8. The minimum atomic E-state index is -0.154. The number of rotatable bonds is 5. The van der Waals surface area contributed by atoms with E-state index >= 15 is 0 Å². The summed E-state index contributed by atoms with van der Waals surface area (Å²) in [6.45, 7) is 1.79. The highest BCUT2D eigenvalue weighted by Crippen LogP contribution is 2.21. The Morgan fingerprint density at radius 3 is 2.91 bits per heavy atom. The van der Waals surface area contributed by atoms with Gasteiger partial charge in [0, 0.05) is 4.47 Å². The molecule has 0 aliphatic rings. The summed E-state index contributed by atoms with van der Waals surface area (Å²) >= 11 is 4.63. The van der Waals surface area contributed by atoms with Gasteiger partial charge in [0.15, 0.2) is 5.16 Å². The lowest BCUT2D eigenvalue weighted by Crippen LogP contribution is -2.24. The molecule has 2 aromatic heterocycles. The van der Waals surface area contributed by atoms with Crippen molar-refractivity contribution in [3.05, 3.63) is 57.2 Å². The first-order valence-corrected chi connectivity index (χ1v) is 8.67. The summed E-state index contributed by atoms with van der Waals surface area (Å²) in [5.74, 6) is 0.963. The minimum Gasteiger partial charge on any atom is -0.467 e. The van der Waals surface area contributed by atoms with Gasteiger partial charge >= 0.3 is 0 Å². The molecule has 0 radical (unpaired) electrons. The monoisotopic (exact) mass is 392 g/mol. The van der Waals surface area contributed by atoms with Gasteiger partial charge in [0.25, 0.3) is 5.56 Å². The van der Waals surface area contributed by atoms with Crippen LogP contribution in [0.3, 0.4) is 0 Å². The van der Waals surface area contributed by atoms with Crippen LogP contribution in [-0.2, 0) is 11.3 Å². The number of furan rings is 1. The third-order valence-electron chi connectivity index (χ3n) is 3.18. The van der Waals surface area contributed by atoms with Crippen LogP contribution < -0.4 is 5.56 Å². The molecule has 23 heavy (non-hydrogen) atoms. The third-order valence-corrected chi connectivity index (χ3v) is 4.79. The van der Waals surface area contributed by atoms with Gasteiger partial charge in [0.1, 0.15) is 11.5 Å². The summed E-state index contributed by atoms with van der Waals surface area (Å²) in [5.41, 5.74) is 0.457. The Hall–Kier alpha value is -1.86. The minimum absolute atomic E-state index is 0.0321. The Kier molecular flexibility index (Phi) is 4.68. The van der Waals surface area contributed by atoms with Gasteiger partial charge in [-0.3, -0.25) is 14.2 Å². The van der Waals surface area contributed by atoms with Crippen molar-refractivity contribution in [1.82, 2.24) is 9.55 Å². The Bertz CT molecular complexity index is 919.